The molecule has 3 rings (SSSR count). The first-order chi connectivity index (χ1) is 14.2. The molecular formula is C23H26FNO5. The van der Waals surface area contributed by atoms with Crippen molar-refractivity contribution in [2.45, 2.75) is 45.4 Å². The third kappa shape index (κ3) is 5.09. The summed E-state index contributed by atoms with van der Waals surface area (Å²) in [5, 5.41) is 0. The first-order valence-corrected chi connectivity index (χ1v) is 9.75. The molecule has 0 radical (unpaired) electrons. The van der Waals surface area contributed by atoms with Crippen LogP contribution >= 0.6 is 0 Å². The fraction of sp³-hybridized carbons (Fsp3) is 0.391. The molecule has 0 unspecified atom stereocenters. The molecule has 0 aromatic heterocycles. The molecule has 2 aromatic rings. The van der Waals surface area contributed by atoms with Gasteiger partial charge in [-0.3, -0.25) is 4.90 Å². The van der Waals surface area contributed by atoms with Crippen molar-refractivity contribution in [1.82, 2.24) is 4.90 Å². The summed E-state index contributed by atoms with van der Waals surface area (Å²) in [5.74, 6) is -0.243. The Balaban J connectivity index is 1.81. The van der Waals surface area contributed by atoms with Crippen LogP contribution in [0.15, 0.2) is 42.5 Å². The number of halogens is 1. The van der Waals surface area contributed by atoms with E-state index in [2.05, 4.69) is 0 Å². The SMILES string of the molecule is COC(=O)[C@H]1c2ccc(OCc3cccc(F)c3)cc2CCN1C(=O)OC(C)(C)C. The second kappa shape index (κ2) is 8.73. The Morgan fingerprint density at radius 2 is 1.93 bits per heavy atom. The van der Waals surface area contributed by atoms with Gasteiger partial charge in [0.1, 0.15) is 23.8 Å². The molecule has 1 amide bonds. The molecule has 0 aliphatic carbocycles. The van der Waals surface area contributed by atoms with Crippen LogP contribution in [-0.4, -0.2) is 36.2 Å². The topological polar surface area (TPSA) is 65.1 Å². The highest BCUT2D eigenvalue weighted by atomic mass is 19.1. The van der Waals surface area contributed by atoms with E-state index in [1.807, 2.05) is 6.07 Å². The molecule has 0 saturated heterocycles. The Kier molecular flexibility index (Phi) is 6.29. The Labute approximate surface area is 175 Å². The summed E-state index contributed by atoms with van der Waals surface area (Å²) < 4.78 is 29.5. The van der Waals surface area contributed by atoms with Gasteiger partial charge >= 0.3 is 12.1 Å². The molecule has 160 valence electrons. The Hall–Kier alpha value is -3.09. The largest absolute Gasteiger partial charge is 0.489 e. The molecule has 2 aromatic carbocycles. The lowest BCUT2D eigenvalue weighted by Gasteiger charge is -2.36. The first-order valence-electron chi connectivity index (χ1n) is 9.75. The minimum absolute atomic E-state index is 0.223. The highest BCUT2D eigenvalue weighted by Crippen LogP contribution is 2.34. The summed E-state index contributed by atoms with van der Waals surface area (Å²) in [5.41, 5.74) is 1.61. The molecule has 1 atom stereocenters. The van der Waals surface area contributed by atoms with E-state index in [4.69, 9.17) is 14.2 Å². The standard InChI is InChI=1S/C23H26FNO5/c1-23(2,3)30-22(27)25-11-10-16-13-18(8-9-19(16)20(25)21(26)28-4)29-14-15-6-5-7-17(24)12-15/h5-9,12-13,20H,10-11,14H2,1-4H3/t20-/m1/s1. The van der Waals surface area contributed by atoms with Crippen molar-refractivity contribution in [3.8, 4) is 5.75 Å². The van der Waals surface area contributed by atoms with Crippen LogP contribution in [0.3, 0.4) is 0 Å². The molecule has 6 nitrogen and oxygen atoms in total. The van der Waals surface area contributed by atoms with Gasteiger partial charge in [-0.1, -0.05) is 18.2 Å². The summed E-state index contributed by atoms with van der Waals surface area (Å²) in [6, 6.07) is 10.7. The van der Waals surface area contributed by atoms with Gasteiger partial charge in [-0.05, 0) is 68.1 Å². The van der Waals surface area contributed by atoms with Gasteiger partial charge in [0.15, 0.2) is 6.04 Å². The number of carbonyl (C=O) groups excluding carboxylic acids is 2. The van der Waals surface area contributed by atoms with E-state index in [0.717, 1.165) is 11.1 Å². The quantitative estimate of drug-likeness (QED) is 0.692. The van der Waals surface area contributed by atoms with Gasteiger partial charge in [-0.15, -0.1) is 0 Å². The maximum absolute atomic E-state index is 13.3. The van der Waals surface area contributed by atoms with Crippen LogP contribution in [0.5, 0.6) is 5.75 Å². The van der Waals surface area contributed by atoms with Crippen molar-refractivity contribution >= 4 is 12.1 Å². The average molecular weight is 415 g/mol. The molecule has 0 N–H and O–H groups in total. The second-order valence-electron chi connectivity index (χ2n) is 8.13. The summed E-state index contributed by atoms with van der Waals surface area (Å²) in [6.07, 6.45) is -0.0193. The molecule has 1 aliphatic rings. The smallest absolute Gasteiger partial charge is 0.411 e. The van der Waals surface area contributed by atoms with Crippen molar-refractivity contribution in [3.63, 3.8) is 0 Å². The Bertz CT molecular complexity index is 937. The number of nitrogens with zero attached hydrogens (tertiary/aromatic N) is 1. The summed E-state index contributed by atoms with van der Waals surface area (Å²) in [4.78, 5) is 26.5. The maximum atomic E-state index is 13.3. The molecule has 30 heavy (non-hydrogen) atoms. The van der Waals surface area contributed by atoms with Gasteiger partial charge in [0.2, 0.25) is 0 Å². The van der Waals surface area contributed by atoms with Crippen molar-refractivity contribution < 1.29 is 28.2 Å². The van der Waals surface area contributed by atoms with Gasteiger partial charge in [0, 0.05) is 6.54 Å². The normalized spacial score (nSPS) is 15.9. The zero-order chi connectivity index (χ0) is 21.9. The number of hydrogen-bond donors (Lipinski definition) is 0. The second-order valence-corrected chi connectivity index (χ2v) is 8.13. The van der Waals surface area contributed by atoms with Crippen LogP contribution in [0.1, 0.15) is 43.5 Å². The van der Waals surface area contributed by atoms with Crippen LogP contribution in [0.2, 0.25) is 0 Å². The number of carbonyl (C=O) groups is 2. The van der Waals surface area contributed by atoms with Crippen molar-refractivity contribution in [2.75, 3.05) is 13.7 Å². The Morgan fingerprint density at radius 1 is 1.17 bits per heavy atom. The summed E-state index contributed by atoms with van der Waals surface area (Å²) in [7, 11) is 1.29. The molecule has 0 bridgehead atoms. The van der Waals surface area contributed by atoms with Crippen LogP contribution in [0.4, 0.5) is 9.18 Å². The maximum Gasteiger partial charge on any atom is 0.411 e. The minimum atomic E-state index is -0.883. The molecule has 1 heterocycles. The lowest BCUT2D eigenvalue weighted by atomic mass is 9.92. The first kappa shape index (κ1) is 21.6. The number of methoxy groups -OCH3 is 1. The van der Waals surface area contributed by atoms with Crippen LogP contribution in [0.25, 0.3) is 0 Å². The van der Waals surface area contributed by atoms with Gasteiger partial charge < -0.3 is 14.2 Å². The van der Waals surface area contributed by atoms with Gasteiger partial charge in [-0.2, -0.15) is 0 Å². The lowest BCUT2D eigenvalue weighted by molar-refractivity contribution is -0.147. The molecule has 7 heteroatoms. The van der Waals surface area contributed by atoms with E-state index in [9.17, 15) is 14.0 Å². The van der Waals surface area contributed by atoms with Crippen molar-refractivity contribution in [2.24, 2.45) is 0 Å². The number of amides is 1. The highest BCUT2D eigenvalue weighted by Gasteiger charge is 2.39. The molecule has 0 fully saturated rings. The number of ether oxygens (including phenoxy) is 3. The van der Waals surface area contributed by atoms with E-state index < -0.39 is 23.7 Å². The van der Waals surface area contributed by atoms with Crippen LogP contribution < -0.4 is 4.74 Å². The summed E-state index contributed by atoms with van der Waals surface area (Å²) in [6.45, 7) is 5.87. The highest BCUT2D eigenvalue weighted by molar-refractivity contribution is 5.84. The summed E-state index contributed by atoms with van der Waals surface area (Å²) >= 11 is 0. The zero-order valence-electron chi connectivity index (χ0n) is 17.6. The van der Waals surface area contributed by atoms with E-state index in [1.54, 1.807) is 45.0 Å². The van der Waals surface area contributed by atoms with E-state index in [1.165, 1.54) is 24.1 Å². The van der Waals surface area contributed by atoms with Crippen LogP contribution in [0, 0.1) is 5.82 Å². The van der Waals surface area contributed by atoms with Gasteiger partial charge in [0.25, 0.3) is 0 Å². The zero-order valence-corrected chi connectivity index (χ0v) is 17.6. The number of benzene rings is 2. The van der Waals surface area contributed by atoms with Crippen LogP contribution in [-0.2, 0) is 27.3 Å². The van der Waals surface area contributed by atoms with Gasteiger partial charge in [0.05, 0.1) is 7.11 Å². The Morgan fingerprint density at radius 3 is 2.60 bits per heavy atom. The predicted octanol–water partition coefficient (Wildman–Crippen LogP) is 4.41. The van der Waals surface area contributed by atoms with E-state index in [0.29, 0.717) is 24.3 Å². The number of esters is 1. The predicted molar refractivity (Wildman–Crippen MR) is 109 cm³/mol. The fourth-order valence-electron chi connectivity index (χ4n) is 3.37. The minimum Gasteiger partial charge on any atom is -0.489 e. The van der Waals surface area contributed by atoms with Crippen molar-refractivity contribution in [1.29, 1.82) is 0 Å². The number of fused-ring (bicyclic) bond motifs is 1. The fourth-order valence-corrected chi connectivity index (χ4v) is 3.37. The lowest BCUT2D eigenvalue weighted by Crippen LogP contribution is -2.46. The monoisotopic (exact) mass is 415 g/mol. The molecule has 0 saturated carbocycles. The number of hydrogen-bond acceptors (Lipinski definition) is 5. The van der Waals surface area contributed by atoms with E-state index >= 15 is 0 Å². The molecule has 1 aliphatic heterocycles. The van der Waals surface area contributed by atoms with Crippen molar-refractivity contribution in [3.05, 3.63) is 65.0 Å². The van der Waals surface area contributed by atoms with E-state index in [-0.39, 0.29) is 12.4 Å². The number of rotatable bonds is 4. The van der Waals surface area contributed by atoms with Gasteiger partial charge in [-0.25, -0.2) is 14.0 Å². The third-order valence-electron chi connectivity index (χ3n) is 4.69. The third-order valence-corrected chi connectivity index (χ3v) is 4.69. The molecule has 0 spiro atoms. The average Bonchev–Trinajstić information content (AvgIpc) is 2.69. The molecular weight excluding hydrogens is 389 g/mol.